The number of alkyl carbamates (subject to hydrolysis) is 1. The van der Waals surface area contributed by atoms with Gasteiger partial charge in [0, 0.05) is 13.2 Å². The molecule has 0 radical (unpaired) electrons. The van der Waals surface area contributed by atoms with E-state index < -0.39 is 11.7 Å². The molecule has 1 amide bonds. The maximum Gasteiger partial charge on any atom is 0.407 e. The molecule has 0 atom stereocenters. The zero-order valence-corrected chi connectivity index (χ0v) is 40.2. The summed E-state index contributed by atoms with van der Waals surface area (Å²) in [6.07, 6.45) is 21.7. The molecule has 0 saturated heterocycles. The van der Waals surface area contributed by atoms with E-state index in [1.165, 1.54) is 96.3 Å². The molecule has 62 heavy (non-hydrogen) atoms. The first-order valence-corrected chi connectivity index (χ1v) is 24.4. The van der Waals surface area contributed by atoms with Gasteiger partial charge in [-0.1, -0.05) is 103 Å². The second-order valence-electron chi connectivity index (χ2n) is 16.1. The topological polar surface area (TPSA) is 149 Å². The normalized spacial score (nSPS) is 11.8. The molecule has 0 heterocycles. The van der Waals surface area contributed by atoms with Gasteiger partial charge in [-0.15, -0.1) is 0 Å². The van der Waals surface area contributed by atoms with E-state index in [0.717, 1.165) is 13.0 Å². The highest BCUT2D eigenvalue weighted by atomic mass is 16.6. The van der Waals surface area contributed by atoms with Gasteiger partial charge in [0.05, 0.1) is 152 Å². The first kappa shape index (κ1) is 60.8. The average Bonchev–Trinajstić information content (AvgIpc) is 3.24. The van der Waals surface area contributed by atoms with E-state index in [9.17, 15) is 4.79 Å². The maximum absolute atomic E-state index is 11.5. The molecular weight excluding hydrogens is 803 g/mol. The Morgan fingerprint density at radius 2 is 0.516 bits per heavy atom. The molecule has 0 fully saturated rings. The summed E-state index contributed by atoms with van der Waals surface area (Å²) in [5.74, 6) is 0. The average molecular weight is 898 g/mol. The van der Waals surface area contributed by atoms with Crippen LogP contribution in [0.5, 0.6) is 0 Å². The molecule has 0 spiro atoms. The third-order valence-corrected chi connectivity index (χ3v) is 9.15. The van der Waals surface area contributed by atoms with Crippen LogP contribution >= 0.6 is 0 Å². The summed E-state index contributed by atoms with van der Waals surface area (Å²) < 4.78 is 71.4. The van der Waals surface area contributed by atoms with Crippen molar-refractivity contribution in [2.24, 2.45) is 0 Å². The lowest BCUT2D eigenvalue weighted by Crippen LogP contribution is -2.34. The fourth-order valence-electron chi connectivity index (χ4n) is 5.81. The highest BCUT2D eigenvalue weighted by molar-refractivity contribution is 5.67. The number of unbranched alkanes of at least 4 members (excludes halogenated alkanes) is 15. The third kappa shape index (κ3) is 56.8. The molecule has 0 aromatic carbocycles. The van der Waals surface area contributed by atoms with Crippen molar-refractivity contribution in [3.05, 3.63) is 0 Å². The standard InChI is InChI=1S/C47H95NO14/c1-5-6-7-8-9-10-11-12-13-14-15-16-17-18-19-20-22-50-24-26-52-28-30-54-32-34-56-36-38-58-40-42-60-44-45-61-43-41-59-39-37-57-35-33-55-31-29-53-27-25-51-23-21-48-46(49)62-47(2,3)4/h5-45H2,1-4H3,(H,48,49). The first-order valence-electron chi connectivity index (χ1n) is 24.4. The van der Waals surface area contributed by atoms with Gasteiger partial charge in [0.2, 0.25) is 0 Å². The van der Waals surface area contributed by atoms with Crippen molar-refractivity contribution in [2.45, 2.75) is 136 Å². The third-order valence-electron chi connectivity index (χ3n) is 9.15. The number of hydrogen-bond donors (Lipinski definition) is 1. The summed E-state index contributed by atoms with van der Waals surface area (Å²) >= 11 is 0. The Bertz CT molecular complexity index is 854. The van der Waals surface area contributed by atoms with E-state index >= 15 is 0 Å². The second-order valence-corrected chi connectivity index (χ2v) is 16.1. The Labute approximate surface area is 378 Å². The summed E-state index contributed by atoms with van der Waals surface area (Å²) in [7, 11) is 0. The predicted molar refractivity (Wildman–Crippen MR) is 244 cm³/mol. The van der Waals surface area contributed by atoms with Crippen LogP contribution in [0.2, 0.25) is 0 Å². The quantitative estimate of drug-likeness (QED) is 0.0588. The lowest BCUT2D eigenvalue weighted by Gasteiger charge is -2.19. The molecule has 0 aromatic heterocycles. The van der Waals surface area contributed by atoms with Crippen LogP contribution in [0.1, 0.15) is 130 Å². The molecule has 0 rings (SSSR count). The zero-order chi connectivity index (χ0) is 45.0. The van der Waals surface area contributed by atoms with E-state index in [4.69, 9.17) is 61.6 Å². The van der Waals surface area contributed by atoms with Gasteiger partial charge in [-0.3, -0.25) is 0 Å². The van der Waals surface area contributed by atoms with Gasteiger partial charge >= 0.3 is 6.09 Å². The summed E-state index contributed by atoms with van der Waals surface area (Å²) in [5.41, 5.74) is -0.512. The minimum absolute atomic E-state index is 0.383. The smallest absolute Gasteiger partial charge is 0.407 e. The summed E-state index contributed by atoms with van der Waals surface area (Å²) in [5, 5.41) is 2.64. The summed E-state index contributed by atoms with van der Waals surface area (Å²) in [6, 6.07) is 0. The molecule has 0 aromatic rings. The lowest BCUT2D eigenvalue weighted by molar-refractivity contribution is -0.0283. The van der Waals surface area contributed by atoms with Gasteiger partial charge in [-0.2, -0.15) is 0 Å². The van der Waals surface area contributed by atoms with Crippen LogP contribution in [-0.4, -0.2) is 177 Å². The number of hydrogen-bond acceptors (Lipinski definition) is 14. The zero-order valence-electron chi connectivity index (χ0n) is 40.2. The SMILES string of the molecule is CCCCCCCCCCCCCCCCCCOCCOCCOCCOCCOCCOCCOCCOCCOCCOCCOCCOCCNC(=O)OC(C)(C)C. The molecule has 0 aliphatic carbocycles. The minimum Gasteiger partial charge on any atom is -0.444 e. The van der Waals surface area contributed by atoms with Crippen LogP contribution in [0, 0.1) is 0 Å². The summed E-state index contributed by atoms with van der Waals surface area (Å²) in [6.45, 7) is 20.7. The molecule has 0 unspecified atom stereocenters. The molecule has 0 saturated carbocycles. The molecule has 0 aliphatic heterocycles. The van der Waals surface area contributed by atoms with Gasteiger partial charge in [0.25, 0.3) is 0 Å². The van der Waals surface area contributed by atoms with Crippen LogP contribution in [-0.2, 0) is 61.6 Å². The summed E-state index contributed by atoms with van der Waals surface area (Å²) in [4.78, 5) is 11.5. The van der Waals surface area contributed by atoms with Crippen molar-refractivity contribution in [1.82, 2.24) is 5.32 Å². The molecule has 0 bridgehead atoms. The van der Waals surface area contributed by atoms with Crippen LogP contribution in [0.4, 0.5) is 4.79 Å². The number of nitrogens with one attached hydrogen (secondary N) is 1. The minimum atomic E-state index is -0.512. The van der Waals surface area contributed by atoms with Gasteiger partial charge in [-0.25, -0.2) is 4.79 Å². The Morgan fingerprint density at radius 3 is 0.758 bits per heavy atom. The first-order chi connectivity index (χ1) is 30.5. The van der Waals surface area contributed by atoms with Crippen molar-refractivity contribution < 1.29 is 66.4 Å². The molecular formula is C47H95NO14. The number of ether oxygens (including phenoxy) is 13. The van der Waals surface area contributed by atoms with Crippen molar-refractivity contribution in [2.75, 3.05) is 165 Å². The van der Waals surface area contributed by atoms with E-state index in [1.807, 2.05) is 20.8 Å². The number of rotatable bonds is 53. The Balaban J connectivity index is 3.09. The highest BCUT2D eigenvalue weighted by Gasteiger charge is 2.15. The van der Waals surface area contributed by atoms with E-state index in [0.29, 0.717) is 159 Å². The van der Waals surface area contributed by atoms with E-state index in [-0.39, 0.29) is 0 Å². The second kappa shape index (κ2) is 52.4. The molecule has 15 heteroatoms. The fraction of sp³-hybridized carbons (Fsp3) is 0.979. The lowest BCUT2D eigenvalue weighted by atomic mass is 10.0. The fourth-order valence-corrected chi connectivity index (χ4v) is 5.81. The molecule has 372 valence electrons. The number of carbonyl (C=O) groups is 1. The van der Waals surface area contributed by atoms with Crippen molar-refractivity contribution in [3.8, 4) is 0 Å². The molecule has 1 N–H and O–H groups in total. The maximum atomic E-state index is 11.5. The van der Waals surface area contributed by atoms with E-state index in [1.54, 1.807) is 0 Å². The van der Waals surface area contributed by atoms with Gasteiger partial charge in [0.1, 0.15) is 5.60 Å². The van der Waals surface area contributed by atoms with Gasteiger partial charge in [0.15, 0.2) is 0 Å². The largest absolute Gasteiger partial charge is 0.444 e. The van der Waals surface area contributed by atoms with Crippen molar-refractivity contribution in [1.29, 1.82) is 0 Å². The van der Waals surface area contributed by atoms with Crippen LogP contribution in [0.25, 0.3) is 0 Å². The molecule has 15 nitrogen and oxygen atoms in total. The number of carbonyl (C=O) groups excluding carboxylic acids is 1. The van der Waals surface area contributed by atoms with Crippen LogP contribution < -0.4 is 5.32 Å². The Morgan fingerprint density at radius 1 is 0.306 bits per heavy atom. The van der Waals surface area contributed by atoms with Crippen molar-refractivity contribution in [3.63, 3.8) is 0 Å². The van der Waals surface area contributed by atoms with Crippen LogP contribution in [0.15, 0.2) is 0 Å². The monoisotopic (exact) mass is 898 g/mol. The highest BCUT2D eigenvalue weighted by Crippen LogP contribution is 2.14. The Hall–Kier alpha value is -1.21. The van der Waals surface area contributed by atoms with Gasteiger partial charge < -0.3 is 66.9 Å². The van der Waals surface area contributed by atoms with Crippen molar-refractivity contribution >= 4 is 6.09 Å². The predicted octanol–water partition coefficient (Wildman–Crippen LogP) is 7.97. The molecule has 0 aliphatic rings. The van der Waals surface area contributed by atoms with E-state index in [2.05, 4.69) is 12.2 Å². The Kier molecular flexibility index (Phi) is 51.4. The van der Waals surface area contributed by atoms with Gasteiger partial charge in [-0.05, 0) is 27.2 Å². The number of amides is 1. The van der Waals surface area contributed by atoms with Crippen LogP contribution in [0.3, 0.4) is 0 Å².